The second-order valence-electron chi connectivity index (χ2n) is 10.4. The molecule has 0 bridgehead atoms. The van der Waals surface area contributed by atoms with Crippen molar-refractivity contribution in [3.05, 3.63) is 64.7 Å². The molecule has 3 unspecified atom stereocenters. The molecule has 0 aromatic heterocycles. The highest BCUT2D eigenvalue weighted by Gasteiger charge is 2.38. The van der Waals surface area contributed by atoms with Gasteiger partial charge in [0.05, 0.1) is 0 Å². The van der Waals surface area contributed by atoms with Crippen LogP contribution < -0.4 is 10.6 Å². The average molecular weight is 506 g/mol. The van der Waals surface area contributed by atoms with Crippen LogP contribution in [-0.4, -0.2) is 34.5 Å². The van der Waals surface area contributed by atoms with Crippen molar-refractivity contribution in [1.29, 1.82) is 0 Å². The van der Waals surface area contributed by atoms with Crippen LogP contribution in [0.4, 0.5) is 10.5 Å². The van der Waals surface area contributed by atoms with Crippen molar-refractivity contribution in [2.24, 2.45) is 5.92 Å². The van der Waals surface area contributed by atoms with E-state index in [1.165, 1.54) is 0 Å². The van der Waals surface area contributed by atoms with Gasteiger partial charge >= 0.3 is 6.09 Å². The molecule has 7 nitrogen and oxygen atoms in total. The van der Waals surface area contributed by atoms with E-state index in [2.05, 4.69) is 16.7 Å². The summed E-state index contributed by atoms with van der Waals surface area (Å²) in [7, 11) is 0. The predicted molar refractivity (Wildman–Crippen MR) is 147 cm³/mol. The highest BCUT2D eigenvalue weighted by molar-refractivity contribution is 6.00. The van der Waals surface area contributed by atoms with Crippen molar-refractivity contribution in [3.63, 3.8) is 0 Å². The fourth-order valence-corrected chi connectivity index (χ4v) is 3.80. The van der Waals surface area contributed by atoms with Gasteiger partial charge in [-0.3, -0.25) is 14.5 Å². The van der Waals surface area contributed by atoms with Crippen LogP contribution in [0.25, 0.3) is 0 Å². The molecule has 2 N–H and O–H groups in total. The molecule has 3 atom stereocenters. The van der Waals surface area contributed by atoms with Gasteiger partial charge in [-0.05, 0) is 75.8 Å². The smallest absolute Gasteiger partial charge is 0.408 e. The molecule has 37 heavy (non-hydrogen) atoms. The molecular formula is C30H39N3O4. The van der Waals surface area contributed by atoms with Gasteiger partial charge in [0.25, 0.3) is 11.8 Å². The summed E-state index contributed by atoms with van der Waals surface area (Å²) in [5, 5.41) is 5.61. The molecule has 0 fully saturated rings. The minimum absolute atomic E-state index is 0.268. The van der Waals surface area contributed by atoms with Crippen LogP contribution in [0, 0.1) is 39.2 Å². The Morgan fingerprint density at radius 1 is 1.03 bits per heavy atom. The Balaban J connectivity index is 2.53. The van der Waals surface area contributed by atoms with E-state index in [0.29, 0.717) is 17.7 Å². The summed E-state index contributed by atoms with van der Waals surface area (Å²) in [6.45, 7) is 14.8. The maximum absolute atomic E-state index is 13.9. The number of hydrogen-bond acceptors (Lipinski definition) is 4. The van der Waals surface area contributed by atoms with E-state index in [-0.39, 0.29) is 5.92 Å². The highest BCUT2D eigenvalue weighted by Crippen LogP contribution is 2.27. The van der Waals surface area contributed by atoms with Gasteiger partial charge < -0.3 is 15.4 Å². The van der Waals surface area contributed by atoms with E-state index in [1.807, 2.05) is 65.0 Å². The summed E-state index contributed by atoms with van der Waals surface area (Å²) in [5.41, 5.74) is 3.33. The number of ether oxygens (including phenoxy) is 1. The SMILES string of the molecule is C#CN(C(=O)C(NC(=O)OC(C)(C)C)C(C)CC)C(C(=O)Nc1ccccc1C)c1ccc(C)c(C)c1. The number of carbonyl (C=O) groups excluding carboxylic acids is 3. The van der Waals surface area contributed by atoms with Gasteiger partial charge in [-0.2, -0.15) is 0 Å². The maximum atomic E-state index is 13.9. The molecule has 7 heteroatoms. The van der Waals surface area contributed by atoms with Gasteiger partial charge in [-0.25, -0.2) is 4.79 Å². The Morgan fingerprint density at radius 2 is 1.68 bits per heavy atom. The van der Waals surface area contributed by atoms with E-state index in [4.69, 9.17) is 11.2 Å². The third kappa shape index (κ3) is 7.85. The summed E-state index contributed by atoms with van der Waals surface area (Å²) in [6.07, 6.45) is 5.75. The lowest BCUT2D eigenvalue weighted by Crippen LogP contribution is -2.53. The van der Waals surface area contributed by atoms with Crippen molar-refractivity contribution in [2.45, 2.75) is 79.5 Å². The predicted octanol–water partition coefficient (Wildman–Crippen LogP) is 5.65. The Kier molecular flexibility index (Phi) is 9.90. The Bertz CT molecular complexity index is 1180. The fourth-order valence-electron chi connectivity index (χ4n) is 3.80. The van der Waals surface area contributed by atoms with Gasteiger partial charge in [0.2, 0.25) is 0 Å². The van der Waals surface area contributed by atoms with Gasteiger partial charge in [-0.1, -0.05) is 63.1 Å². The maximum Gasteiger partial charge on any atom is 0.408 e. The second kappa shape index (κ2) is 12.4. The fraction of sp³-hybridized carbons (Fsp3) is 0.433. The van der Waals surface area contributed by atoms with Crippen molar-refractivity contribution >= 4 is 23.6 Å². The van der Waals surface area contributed by atoms with E-state index in [0.717, 1.165) is 21.6 Å². The third-order valence-electron chi connectivity index (χ3n) is 6.28. The third-order valence-corrected chi connectivity index (χ3v) is 6.28. The standard InChI is InChI=1S/C30H39N3O4/c1-10-19(3)25(32-29(36)37-30(7,8)9)28(35)33(11-2)26(23-17-16-20(4)22(6)18-23)27(34)31-24-15-13-12-14-21(24)5/h2,12-19,25-26H,10H2,1,3-9H3,(H,31,34)(H,32,36). The molecule has 2 aromatic carbocycles. The summed E-state index contributed by atoms with van der Waals surface area (Å²) >= 11 is 0. The van der Waals surface area contributed by atoms with Gasteiger partial charge in [0, 0.05) is 11.7 Å². The van der Waals surface area contributed by atoms with Crippen molar-refractivity contribution < 1.29 is 19.1 Å². The largest absolute Gasteiger partial charge is 0.444 e. The molecule has 0 saturated carbocycles. The van der Waals surface area contributed by atoms with E-state index in [1.54, 1.807) is 32.9 Å². The number of para-hydroxylation sites is 1. The van der Waals surface area contributed by atoms with Crippen LogP contribution in [0.5, 0.6) is 0 Å². The first-order valence-corrected chi connectivity index (χ1v) is 12.5. The lowest BCUT2D eigenvalue weighted by molar-refractivity contribution is -0.137. The van der Waals surface area contributed by atoms with Gasteiger partial charge in [0.1, 0.15) is 17.7 Å². The number of terminal acetylenes is 1. The van der Waals surface area contributed by atoms with E-state index < -0.39 is 35.6 Å². The molecule has 0 saturated heterocycles. The van der Waals surface area contributed by atoms with E-state index >= 15 is 0 Å². The molecule has 2 rings (SSSR count). The Morgan fingerprint density at radius 3 is 2.22 bits per heavy atom. The molecule has 0 heterocycles. The number of nitrogens with zero attached hydrogens (tertiary/aromatic N) is 1. The number of anilines is 1. The van der Waals surface area contributed by atoms with Gasteiger partial charge in [0.15, 0.2) is 0 Å². The number of carbonyl (C=O) groups is 3. The minimum atomic E-state index is -1.12. The zero-order chi connectivity index (χ0) is 27.9. The molecule has 2 aromatic rings. The van der Waals surface area contributed by atoms with Crippen LogP contribution in [0.15, 0.2) is 42.5 Å². The summed E-state index contributed by atoms with van der Waals surface area (Å²) < 4.78 is 5.39. The summed E-state index contributed by atoms with van der Waals surface area (Å²) in [5.74, 6) is -1.29. The zero-order valence-electron chi connectivity index (χ0n) is 23.1. The van der Waals surface area contributed by atoms with Crippen LogP contribution in [0.1, 0.15) is 69.3 Å². The molecule has 0 aliphatic rings. The van der Waals surface area contributed by atoms with Crippen LogP contribution in [0.3, 0.4) is 0 Å². The quantitative estimate of drug-likeness (QED) is 0.358. The monoisotopic (exact) mass is 505 g/mol. The minimum Gasteiger partial charge on any atom is -0.444 e. The molecule has 0 aliphatic carbocycles. The normalized spacial score (nSPS) is 13.5. The van der Waals surface area contributed by atoms with Crippen LogP contribution >= 0.6 is 0 Å². The van der Waals surface area contributed by atoms with Crippen molar-refractivity contribution in [2.75, 3.05) is 5.32 Å². The lowest BCUT2D eigenvalue weighted by atomic mass is 9.95. The van der Waals surface area contributed by atoms with Crippen LogP contribution in [-0.2, 0) is 14.3 Å². The molecule has 0 spiro atoms. The Labute approximate surface area is 221 Å². The highest BCUT2D eigenvalue weighted by atomic mass is 16.6. The lowest BCUT2D eigenvalue weighted by Gasteiger charge is -2.32. The van der Waals surface area contributed by atoms with Gasteiger partial charge in [-0.15, -0.1) is 0 Å². The van der Waals surface area contributed by atoms with Crippen molar-refractivity contribution in [1.82, 2.24) is 10.2 Å². The second-order valence-corrected chi connectivity index (χ2v) is 10.4. The number of rotatable bonds is 8. The molecule has 3 amide bonds. The van der Waals surface area contributed by atoms with Crippen LogP contribution in [0.2, 0.25) is 0 Å². The first-order valence-electron chi connectivity index (χ1n) is 12.5. The topological polar surface area (TPSA) is 87.7 Å². The average Bonchev–Trinajstić information content (AvgIpc) is 2.82. The number of amides is 3. The number of nitrogens with one attached hydrogen (secondary N) is 2. The molecule has 0 aliphatic heterocycles. The Hall–Kier alpha value is -3.79. The van der Waals surface area contributed by atoms with Crippen molar-refractivity contribution in [3.8, 4) is 12.5 Å². The number of benzene rings is 2. The first-order chi connectivity index (χ1) is 17.3. The summed E-state index contributed by atoms with van der Waals surface area (Å²) in [4.78, 5) is 41.3. The molecular weight excluding hydrogens is 466 g/mol. The zero-order valence-corrected chi connectivity index (χ0v) is 23.1. The molecule has 198 valence electrons. The first kappa shape index (κ1) is 29.4. The number of hydrogen-bond donors (Lipinski definition) is 2. The number of aryl methyl sites for hydroxylation is 3. The summed E-state index contributed by atoms with van der Waals surface area (Å²) in [6, 6.07) is 13.2. The molecule has 0 radical (unpaired) electrons. The number of alkyl carbamates (subject to hydrolysis) is 1. The van der Waals surface area contributed by atoms with E-state index in [9.17, 15) is 14.4 Å².